The van der Waals surface area contributed by atoms with Gasteiger partial charge in [0.2, 0.25) is 0 Å². The van der Waals surface area contributed by atoms with Crippen LogP contribution < -0.4 is 4.90 Å². The Kier molecular flexibility index (Phi) is 4.19. The molecule has 0 bridgehead atoms. The zero-order chi connectivity index (χ0) is 16.6. The first-order valence-electron chi connectivity index (χ1n) is 8.63. The zero-order valence-electron chi connectivity index (χ0n) is 13.7. The lowest BCUT2D eigenvalue weighted by atomic mass is 10.00. The summed E-state index contributed by atoms with van der Waals surface area (Å²) in [6, 6.07) is 18.3. The van der Waals surface area contributed by atoms with Gasteiger partial charge in [0.15, 0.2) is 6.54 Å². The van der Waals surface area contributed by atoms with Crippen molar-refractivity contribution in [3.63, 3.8) is 0 Å². The summed E-state index contributed by atoms with van der Waals surface area (Å²) < 4.78 is 3.43. The number of hydrogen-bond acceptors (Lipinski definition) is 2. The molecule has 0 saturated heterocycles. The van der Waals surface area contributed by atoms with Gasteiger partial charge in [-0.25, -0.2) is 0 Å². The summed E-state index contributed by atoms with van der Waals surface area (Å²) >= 11 is 3.51. The quantitative estimate of drug-likeness (QED) is 0.787. The number of amidine groups is 1. The molecule has 0 spiro atoms. The molecule has 2 heterocycles. The molecule has 124 valence electrons. The number of rotatable bonds is 2. The number of anilines is 1. The van der Waals surface area contributed by atoms with Crippen LogP contribution in [0.2, 0.25) is 0 Å². The van der Waals surface area contributed by atoms with Crippen molar-refractivity contribution in [3.05, 3.63) is 64.6 Å². The smallest absolute Gasteiger partial charge is 0.275 e. The minimum atomic E-state index is -1.01. The number of aliphatic hydroxyl groups is 1. The van der Waals surface area contributed by atoms with Crippen LogP contribution in [0.15, 0.2) is 59.1 Å². The van der Waals surface area contributed by atoms with Crippen LogP contribution in [-0.4, -0.2) is 28.6 Å². The number of nitrogens with zero attached hydrogens (tertiary/aromatic N) is 2. The Morgan fingerprint density at radius 2 is 1.71 bits per heavy atom. The van der Waals surface area contributed by atoms with Gasteiger partial charge in [0.05, 0.1) is 6.54 Å². The predicted molar refractivity (Wildman–Crippen MR) is 100 cm³/mol. The van der Waals surface area contributed by atoms with Crippen LogP contribution in [0.25, 0.3) is 0 Å². The third-order valence-electron chi connectivity index (χ3n) is 5.05. The number of benzene rings is 2. The van der Waals surface area contributed by atoms with E-state index in [1.165, 1.54) is 25.1 Å². The van der Waals surface area contributed by atoms with Gasteiger partial charge in [0.25, 0.3) is 11.6 Å². The van der Waals surface area contributed by atoms with Crippen molar-refractivity contribution >= 4 is 27.5 Å². The molecular weight excluding hydrogens is 364 g/mol. The van der Waals surface area contributed by atoms with Gasteiger partial charge in [-0.05, 0) is 43.5 Å². The Bertz CT molecular complexity index is 757. The Balaban J connectivity index is 1.84. The third-order valence-corrected chi connectivity index (χ3v) is 5.58. The molecule has 0 unspecified atom stereocenters. The van der Waals surface area contributed by atoms with Crippen LogP contribution in [0.4, 0.5) is 5.69 Å². The van der Waals surface area contributed by atoms with Crippen LogP contribution in [0.3, 0.4) is 0 Å². The van der Waals surface area contributed by atoms with E-state index in [1.54, 1.807) is 0 Å². The van der Waals surface area contributed by atoms with E-state index >= 15 is 0 Å². The summed E-state index contributed by atoms with van der Waals surface area (Å²) in [6.07, 6.45) is 4.66. The molecule has 0 saturated carbocycles. The average molecular weight is 386 g/mol. The second-order valence-corrected chi connectivity index (χ2v) is 7.56. The molecule has 4 rings (SSSR count). The van der Waals surface area contributed by atoms with E-state index in [1.807, 2.05) is 42.5 Å². The highest BCUT2D eigenvalue weighted by molar-refractivity contribution is 9.10. The fourth-order valence-corrected chi connectivity index (χ4v) is 4.17. The van der Waals surface area contributed by atoms with E-state index in [9.17, 15) is 5.11 Å². The maximum atomic E-state index is 11.7. The van der Waals surface area contributed by atoms with Crippen molar-refractivity contribution in [3.8, 4) is 0 Å². The van der Waals surface area contributed by atoms with Crippen molar-refractivity contribution < 1.29 is 9.68 Å². The van der Waals surface area contributed by atoms with E-state index in [-0.39, 0.29) is 0 Å². The maximum absolute atomic E-state index is 11.7. The molecule has 1 atom stereocenters. The van der Waals surface area contributed by atoms with Crippen molar-refractivity contribution in [1.29, 1.82) is 0 Å². The molecule has 2 aromatic carbocycles. The summed E-state index contributed by atoms with van der Waals surface area (Å²) in [5.41, 5.74) is 0.985. The fraction of sp³-hybridized carbons (Fsp3) is 0.350. The lowest BCUT2D eigenvalue weighted by molar-refractivity contribution is -0.534. The summed E-state index contributed by atoms with van der Waals surface area (Å²) in [5.74, 6) is 1.25. The van der Waals surface area contributed by atoms with Crippen molar-refractivity contribution in [2.75, 3.05) is 18.0 Å². The summed E-state index contributed by atoms with van der Waals surface area (Å²) in [4.78, 5) is 2.15. The van der Waals surface area contributed by atoms with Crippen LogP contribution >= 0.6 is 15.9 Å². The average Bonchev–Trinajstić information content (AvgIpc) is 2.74. The molecule has 24 heavy (non-hydrogen) atoms. The molecule has 2 aliphatic heterocycles. The van der Waals surface area contributed by atoms with Gasteiger partial charge < -0.3 is 5.11 Å². The first-order valence-corrected chi connectivity index (χ1v) is 9.42. The number of hydrogen-bond donors (Lipinski definition) is 1. The molecule has 0 amide bonds. The van der Waals surface area contributed by atoms with E-state index in [4.69, 9.17) is 0 Å². The molecule has 0 fully saturated rings. The molecule has 2 aromatic rings. The lowest BCUT2D eigenvalue weighted by Crippen LogP contribution is -2.47. The molecule has 1 N–H and O–H groups in total. The number of halogens is 1. The minimum Gasteiger partial charge on any atom is -0.346 e. The molecular formula is C20H22BrN2O+. The van der Waals surface area contributed by atoms with Gasteiger partial charge in [-0.15, -0.1) is 0 Å². The van der Waals surface area contributed by atoms with Gasteiger partial charge in [0.1, 0.15) is 5.69 Å². The van der Waals surface area contributed by atoms with Crippen molar-refractivity contribution in [1.82, 2.24) is 0 Å². The molecule has 3 nitrogen and oxygen atoms in total. The first kappa shape index (κ1) is 15.9. The maximum Gasteiger partial charge on any atom is 0.275 e. The molecule has 0 aromatic heterocycles. The molecule has 2 aliphatic rings. The van der Waals surface area contributed by atoms with Gasteiger partial charge in [-0.3, -0.25) is 4.58 Å². The van der Waals surface area contributed by atoms with E-state index in [0.717, 1.165) is 28.7 Å². The van der Waals surface area contributed by atoms with Crippen LogP contribution in [0, 0.1) is 0 Å². The monoisotopic (exact) mass is 385 g/mol. The zero-order valence-corrected chi connectivity index (χ0v) is 15.2. The van der Waals surface area contributed by atoms with E-state index in [0.29, 0.717) is 6.54 Å². The lowest BCUT2D eigenvalue weighted by Gasteiger charge is -2.29. The van der Waals surface area contributed by atoms with Crippen LogP contribution in [-0.2, 0) is 5.72 Å². The van der Waals surface area contributed by atoms with Crippen molar-refractivity contribution in [2.45, 2.75) is 31.4 Å². The second-order valence-electron chi connectivity index (χ2n) is 6.64. The second kappa shape index (κ2) is 6.34. The van der Waals surface area contributed by atoms with Crippen LogP contribution in [0.1, 0.15) is 31.2 Å². The van der Waals surface area contributed by atoms with E-state index < -0.39 is 5.72 Å². The highest BCUT2D eigenvalue weighted by Crippen LogP contribution is 2.38. The van der Waals surface area contributed by atoms with Crippen molar-refractivity contribution in [2.24, 2.45) is 0 Å². The predicted octanol–water partition coefficient (Wildman–Crippen LogP) is 4.10. The summed E-state index contributed by atoms with van der Waals surface area (Å²) in [5, 5.41) is 11.7. The fourth-order valence-electron chi connectivity index (χ4n) is 3.90. The highest BCUT2D eigenvalue weighted by atomic mass is 79.9. The minimum absolute atomic E-state index is 0.627. The Morgan fingerprint density at radius 3 is 2.46 bits per heavy atom. The molecule has 0 aliphatic carbocycles. The van der Waals surface area contributed by atoms with Gasteiger partial charge in [0, 0.05) is 16.5 Å². The Labute approximate surface area is 151 Å². The van der Waals surface area contributed by atoms with Gasteiger partial charge in [-0.1, -0.05) is 46.3 Å². The summed E-state index contributed by atoms with van der Waals surface area (Å²) in [7, 11) is 0. The highest BCUT2D eigenvalue weighted by Gasteiger charge is 2.53. The Morgan fingerprint density at radius 1 is 0.958 bits per heavy atom. The third kappa shape index (κ3) is 2.68. The van der Waals surface area contributed by atoms with Crippen LogP contribution in [0.5, 0.6) is 0 Å². The Hall–Kier alpha value is -1.65. The van der Waals surface area contributed by atoms with Gasteiger partial charge in [-0.2, -0.15) is 4.90 Å². The molecule has 4 heteroatoms. The largest absolute Gasteiger partial charge is 0.346 e. The van der Waals surface area contributed by atoms with E-state index in [2.05, 4.69) is 37.5 Å². The first-order chi connectivity index (χ1) is 11.7. The summed E-state index contributed by atoms with van der Waals surface area (Å²) in [6.45, 7) is 1.65. The van der Waals surface area contributed by atoms with Gasteiger partial charge >= 0.3 is 0 Å². The standard InChI is InChI=1S/C20H22BrN2O/c21-17-10-12-18(13-11-17)23-19-9-5-2-6-14-22(19)15-20(23,24)16-7-3-1-4-8-16/h1,3-4,7-8,10-13,24H,2,5-6,9,14-15H2/q+1/t20-/m1/s1. The molecule has 0 radical (unpaired) electrons. The normalized spacial score (nSPS) is 24.0. The SMILES string of the molecule is O[C@@]1(c2ccccc2)C[N+]2=C(CCCCC2)N1c1ccc(Br)cc1. The topological polar surface area (TPSA) is 26.5 Å².